The van der Waals surface area contributed by atoms with Crippen LogP contribution in [-0.4, -0.2) is 29.3 Å². The Hall–Kier alpha value is -1.66. The highest BCUT2D eigenvalue weighted by molar-refractivity contribution is 9.10. The number of aliphatic hydroxyl groups is 1. The minimum Gasteiger partial charge on any atom is -0.466 e. The summed E-state index contributed by atoms with van der Waals surface area (Å²) >= 11 is 3.36. The molecular weight excluding hydrogens is 376 g/mol. The van der Waals surface area contributed by atoms with Crippen LogP contribution in [0.5, 0.6) is 0 Å². The lowest BCUT2D eigenvalue weighted by atomic mass is 9.83. The van der Waals surface area contributed by atoms with E-state index in [9.17, 15) is 14.7 Å². The molecule has 5 nitrogen and oxygen atoms in total. The molecule has 0 bridgehead atoms. The second kappa shape index (κ2) is 7.49. The van der Waals surface area contributed by atoms with Crippen molar-refractivity contribution in [2.45, 2.75) is 32.8 Å². The molecular formula is C18H21BrO5. The highest BCUT2D eigenvalue weighted by atomic mass is 79.9. The Morgan fingerprint density at radius 2 is 1.96 bits per heavy atom. The molecule has 0 radical (unpaired) electrons. The second-order valence-electron chi connectivity index (χ2n) is 6.23. The summed E-state index contributed by atoms with van der Waals surface area (Å²) in [4.78, 5) is 24.8. The Morgan fingerprint density at radius 1 is 1.33 bits per heavy atom. The lowest BCUT2D eigenvalue weighted by Crippen LogP contribution is -2.40. The number of hydrogen-bond donors (Lipinski definition) is 1. The summed E-state index contributed by atoms with van der Waals surface area (Å²) in [6, 6.07) is 7.52. The van der Waals surface area contributed by atoms with E-state index in [0.29, 0.717) is 6.42 Å². The third-order valence-electron chi connectivity index (χ3n) is 3.81. The van der Waals surface area contributed by atoms with E-state index in [1.54, 1.807) is 6.92 Å². The molecule has 130 valence electrons. The van der Waals surface area contributed by atoms with E-state index in [1.165, 1.54) is 19.9 Å². The van der Waals surface area contributed by atoms with Gasteiger partial charge < -0.3 is 14.6 Å². The van der Waals surface area contributed by atoms with Gasteiger partial charge in [-0.15, -0.1) is 0 Å². The summed E-state index contributed by atoms with van der Waals surface area (Å²) in [6.45, 7) is 4.94. The summed E-state index contributed by atoms with van der Waals surface area (Å²) in [6.07, 6.45) is 1.86. The molecule has 0 fully saturated rings. The smallest absolute Gasteiger partial charge is 0.315 e. The topological polar surface area (TPSA) is 72.8 Å². The van der Waals surface area contributed by atoms with Crippen molar-refractivity contribution < 1.29 is 24.2 Å². The molecule has 0 aliphatic carbocycles. The molecule has 1 aromatic rings. The van der Waals surface area contributed by atoms with Crippen LogP contribution in [0.4, 0.5) is 0 Å². The number of hydrogen-bond acceptors (Lipinski definition) is 5. The fourth-order valence-electron chi connectivity index (χ4n) is 2.53. The van der Waals surface area contributed by atoms with Gasteiger partial charge in [-0.2, -0.15) is 0 Å². The molecule has 0 amide bonds. The van der Waals surface area contributed by atoms with Crippen molar-refractivity contribution in [3.8, 4) is 0 Å². The molecule has 0 aromatic heterocycles. The molecule has 2 rings (SSSR count). The summed E-state index contributed by atoms with van der Waals surface area (Å²) in [5.41, 5.74) is -0.433. The Labute approximate surface area is 149 Å². The number of carbonyl (C=O) groups is 2. The molecule has 1 heterocycles. The third kappa shape index (κ3) is 4.45. The van der Waals surface area contributed by atoms with E-state index >= 15 is 0 Å². The number of cyclic esters (lactones) is 1. The van der Waals surface area contributed by atoms with Crippen LogP contribution >= 0.6 is 15.9 Å². The van der Waals surface area contributed by atoms with Crippen molar-refractivity contribution in [1.82, 2.24) is 0 Å². The summed E-state index contributed by atoms with van der Waals surface area (Å²) in [5.74, 6) is -2.40. The van der Waals surface area contributed by atoms with E-state index in [-0.39, 0.29) is 12.4 Å². The Balaban J connectivity index is 2.32. The van der Waals surface area contributed by atoms with Crippen molar-refractivity contribution in [3.05, 3.63) is 46.1 Å². The van der Waals surface area contributed by atoms with Crippen molar-refractivity contribution in [3.63, 3.8) is 0 Å². The van der Waals surface area contributed by atoms with Gasteiger partial charge in [-0.25, -0.2) is 0 Å². The molecule has 6 heteroatoms. The van der Waals surface area contributed by atoms with Crippen molar-refractivity contribution >= 4 is 27.9 Å². The SMILES string of the molecule is CCOC(=O)[C@@H]1C=C(C(C)(C)O)OC(=O)[C@@H]1Cc1ccc(Br)cc1. The first-order chi connectivity index (χ1) is 11.2. The highest BCUT2D eigenvalue weighted by Gasteiger charge is 2.42. The largest absolute Gasteiger partial charge is 0.466 e. The van der Waals surface area contributed by atoms with Crippen LogP contribution < -0.4 is 0 Å². The fourth-order valence-corrected chi connectivity index (χ4v) is 2.79. The van der Waals surface area contributed by atoms with E-state index in [4.69, 9.17) is 9.47 Å². The second-order valence-corrected chi connectivity index (χ2v) is 7.14. The zero-order valence-electron chi connectivity index (χ0n) is 13.9. The first-order valence-electron chi connectivity index (χ1n) is 7.79. The third-order valence-corrected chi connectivity index (χ3v) is 4.34. The molecule has 1 aromatic carbocycles. The zero-order valence-corrected chi connectivity index (χ0v) is 15.5. The van der Waals surface area contributed by atoms with Gasteiger partial charge in [0.1, 0.15) is 11.4 Å². The average Bonchev–Trinajstić information content (AvgIpc) is 2.50. The minimum atomic E-state index is -1.34. The Kier molecular flexibility index (Phi) is 5.83. The van der Waals surface area contributed by atoms with Gasteiger partial charge in [-0.3, -0.25) is 9.59 Å². The molecule has 0 unspecified atom stereocenters. The van der Waals surface area contributed by atoms with E-state index in [0.717, 1.165) is 10.0 Å². The van der Waals surface area contributed by atoms with E-state index in [1.807, 2.05) is 24.3 Å². The number of carbonyl (C=O) groups excluding carboxylic acids is 2. The fraction of sp³-hybridized carbons (Fsp3) is 0.444. The van der Waals surface area contributed by atoms with Gasteiger partial charge in [0.05, 0.1) is 18.4 Å². The van der Waals surface area contributed by atoms with Crippen LogP contribution in [-0.2, 0) is 25.5 Å². The molecule has 1 aliphatic rings. The summed E-state index contributed by atoms with van der Waals surface area (Å²) in [5, 5.41) is 10.1. The van der Waals surface area contributed by atoms with Crippen LogP contribution in [0.2, 0.25) is 0 Å². The van der Waals surface area contributed by atoms with Gasteiger partial charge in [0.15, 0.2) is 0 Å². The first-order valence-corrected chi connectivity index (χ1v) is 8.59. The van der Waals surface area contributed by atoms with Gasteiger partial charge in [0.2, 0.25) is 0 Å². The molecule has 24 heavy (non-hydrogen) atoms. The molecule has 1 aliphatic heterocycles. The van der Waals surface area contributed by atoms with Crippen LogP contribution in [0.3, 0.4) is 0 Å². The molecule has 0 spiro atoms. The van der Waals surface area contributed by atoms with Crippen LogP contribution in [0.25, 0.3) is 0 Å². The maximum Gasteiger partial charge on any atom is 0.315 e. The number of esters is 2. The monoisotopic (exact) mass is 396 g/mol. The number of halogens is 1. The van der Waals surface area contributed by atoms with Gasteiger partial charge in [-0.1, -0.05) is 28.1 Å². The maximum absolute atomic E-state index is 12.5. The first kappa shape index (κ1) is 18.7. The molecule has 0 saturated carbocycles. The molecule has 1 N–H and O–H groups in total. The lowest BCUT2D eigenvalue weighted by molar-refractivity contribution is -0.160. The van der Waals surface area contributed by atoms with E-state index in [2.05, 4.69) is 15.9 Å². The number of rotatable bonds is 5. The minimum absolute atomic E-state index is 0.0811. The summed E-state index contributed by atoms with van der Waals surface area (Å²) < 4.78 is 11.3. The normalized spacial score (nSPS) is 21.0. The Bertz CT molecular complexity index is 642. The van der Waals surface area contributed by atoms with Crippen LogP contribution in [0, 0.1) is 11.8 Å². The number of benzene rings is 1. The van der Waals surface area contributed by atoms with Gasteiger partial charge >= 0.3 is 11.9 Å². The molecule has 2 atom stereocenters. The quantitative estimate of drug-likeness (QED) is 0.774. The molecule has 0 saturated heterocycles. The highest BCUT2D eigenvalue weighted by Crippen LogP contribution is 2.33. The number of ether oxygens (including phenoxy) is 2. The van der Waals surface area contributed by atoms with Gasteiger partial charge in [0, 0.05) is 4.47 Å². The van der Waals surface area contributed by atoms with Crippen molar-refractivity contribution in [2.75, 3.05) is 6.61 Å². The van der Waals surface area contributed by atoms with Crippen molar-refractivity contribution in [1.29, 1.82) is 0 Å². The van der Waals surface area contributed by atoms with Crippen molar-refractivity contribution in [2.24, 2.45) is 11.8 Å². The average molecular weight is 397 g/mol. The van der Waals surface area contributed by atoms with Crippen LogP contribution in [0.1, 0.15) is 26.3 Å². The summed E-state index contributed by atoms with van der Waals surface area (Å²) in [7, 11) is 0. The lowest BCUT2D eigenvalue weighted by Gasteiger charge is -2.31. The maximum atomic E-state index is 12.5. The van der Waals surface area contributed by atoms with Crippen LogP contribution in [0.15, 0.2) is 40.6 Å². The van der Waals surface area contributed by atoms with Gasteiger partial charge in [-0.05, 0) is 51.0 Å². The standard InChI is InChI=1S/C18H21BrO5/c1-4-23-16(20)14-10-15(18(2,3)22)24-17(21)13(14)9-11-5-7-12(19)8-6-11/h5-8,10,13-14,22H,4,9H2,1-3H3/t13-,14-/m1/s1. The predicted molar refractivity (Wildman–Crippen MR) is 91.9 cm³/mol. The Morgan fingerprint density at radius 3 is 2.50 bits per heavy atom. The van der Waals surface area contributed by atoms with E-state index < -0.39 is 29.4 Å². The van der Waals surface area contributed by atoms with Gasteiger partial charge in [0.25, 0.3) is 0 Å². The zero-order chi connectivity index (χ0) is 17.9. The predicted octanol–water partition coefficient (Wildman–Crippen LogP) is 3.00.